The number of hydrogen-bond acceptors (Lipinski definition) is 3. The van der Waals surface area contributed by atoms with Gasteiger partial charge in [0.15, 0.2) is 0 Å². The lowest BCUT2D eigenvalue weighted by Crippen LogP contribution is -2.14. The van der Waals surface area contributed by atoms with Crippen molar-refractivity contribution in [1.29, 1.82) is 0 Å². The zero-order valence-corrected chi connectivity index (χ0v) is 14.8. The lowest BCUT2D eigenvalue weighted by atomic mass is 9.93. The van der Waals surface area contributed by atoms with E-state index in [2.05, 4.69) is 28.7 Å². The van der Waals surface area contributed by atoms with Crippen LogP contribution >= 0.6 is 11.6 Å². The SMILES string of the molecule is C=Cc1cncc(Cc2c(Cl)cc(C(N)=O)c3c2-c2ccccc2C3)n1. The van der Waals surface area contributed by atoms with Gasteiger partial charge in [-0.05, 0) is 46.4 Å². The average Bonchev–Trinajstić information content (AvgIpc) is 3.03. The van der Waals surface area contributed by atoms with E-state index in [0.29, 0.717) is 29.1 Å². The molecule has 0 radical (unpaired) electrons. The van der Waals surface area contributed by atoms with Crippen LogP contribution in [0.2, 0.25) is 5.02 Å². The molecule has 0 saturated heterocycles. The Morgan fingerprint density at radius 1 is 1.31 bits per heavy atom. The number of rotatable bonds is 4. The molecule has 4 rings (SSSR count). The molecule has 2 N–H and O–H groups in total. The van der Waals surface area contributed by atoms with Crippen LogP contribution in [-0.4, -0.2) is 15.9 Å². The summed E-state index contributed by atoms with van der Waals surface area (Å²) in [5, 5.41) is 0.514. The highest BCUT2D eigenvalue weighted by molar-refractivity contribution is 6.32. The van der Waals surface area contributed by atoms with Crippen molar-refractivity contribution in [3.05, 3.63) is 88.0 Å². The molecule has 0 spiro atoms. The summed E-state index contributed by atoms with van der Waals surface area (Å²) in [6.07, 6.45) is 6.23. The average molecular weight is 362 g/mol. The number of nitrogens with zero attached hydrogens (tertiary/aromatic N) is 2. The molecule has 0 unspecified atom stereocenters. The summed E-state index contributed by atoms with van der Waals surface area (Å²) in [5.41, 5.74) is 12.7. The van der Waals surface area contributed by atoms with E-state index in [4.69, 9.17) is 17.3 Å². The van der Waals surface area contributed by atoms with Crippen LogP contribution in [0.15, 0.2) is 49.3 Å². The van der Waals surface area contributed by atoms with Gasteiger partial charge < -0.3 is 5.73 Å². The molecule has 0 atom stereocenters. The van der Waals surface area contributed by atoms with Gasteiger partial charge in [0, 0.05) is 23.2 Å². The predicted octanol–water partition coefficient (Wildman–Crippen LogP) is 4.03. The van der Waals surface area contributed by atoms with Crippen LogP contribution in [0.25, 0.3) is 17.2 Å². The lowest BCUT2D eigenvalue weighted by Gasteiger charge is -2.14. The van der Waals surface area contributed by atoms with Gasteiger partial charge in [0.25, 0.3) is 0 Å². The van der Waals surface area contributed by atoms with Crippen LogP contribution in [0.3, 0.4) is 0 Å². The summed E-state index contributed by atoms with van der Waals surface area (Å²) in [4.78, 5) is 20.7. The first-order valence-electron chi connectivity index (χ1n) is 8.24. The molecule has 2 aromatic carbocycles. The third-order valence-electron chi connectivity index (χ3n) is 4.68. The van der Waals surface area contributed by atoms with Crippen molar-refractivity contribution in [2.75, 3.05) is 0 Å². The number of nitrogens with two attached hydrogens (primary N) is 1. The molecule has 5 heteroatoms. The molecule has 1 aliphatic carbocycles. The third-order valence-corrected chi connectivity index (χ3v) is 5.01. The minimum Gasteiger partial charge on any atom is -0.366 e. The Bertz CT molecular complexity index is 1060. The minimum atomic E-state index is -0.462. The number of fused-ring (bicyclic) bond motifs is 3. The molecule has 4 nitrogen and oxygen atoms in total. The first-order chi connectivity index (χ1) is 12.6. The largest absolute Gasteiger partial charge is 0.366 e. The van der Waals surface area contributed by atoms with Crippen molar-refractivity contribution in [2.45, 2.75) is 12.8 Å². The number of aromatic nitrogens is 2. The number of hydrogen-bond donors (Lipinski definition) is 1. The van der Waals surface area contributed by atoms with Gasteiger partial charge in [-0.25, -0.2) is 4.98 Å². The van der Waals surface area contributed by atoms with Gasteiger partial charge in [-0.3, -0.25) is 9.78 Å². The molecular weight excluding hydrogens is 346 g/mol. The van der Waals surface area contributed by atoms with Crippen LogP contribution in [0.4, 0.5) is 0 Å². The van der Waals surface area contributed by atoms with E-state index in [9.17, 15) is 4.79 Å². The van der Waals surface area contributed by atoms with E-state index < -0.39 is 5.91 Å². The Morgan fingerprint density at radius 2 is 2.12 bits per heavy atom. The molecule has 1 aliphatic rings. The summed E-state index contributed by atoms with van der Waals surface area (Å²) in [6, 6.07) is 9.78. The second-order valence-corrected chi connectivity index (χ2v) is 6.66. The maximum absolute atomic E-state index is 11.9. The number of carbonyl (C=O) groups excluding carboxylic acids is 1. The predicted molar refractivity (Wildman–Crippen MR) is 103 cm³/mol. The number of benzene rings is 2. The molecule has 1 aromatic heterocycles. The molecule has 1 heterocycles. The van der Waals surface area contributed by atoms with Crippen LogP contribution in [-0.2, 0) is 12.8 Å². The lowest BCUT2D eigenvalue weighted by molar-refractivity contribution is 0.0999. The molecule has 0 saturated carbocycles. The van der Waals surface area contributed by atoms with Crippen molar-refractivity contribution in [2.24, 2.45) is 5.73 Å². The second-order valence-electron chi connectivity index (χ2n) is 6.25. The standard InChI is InChI=1S/C21H16ClN3O/c1-2-13-10-24-11-14(25-13)8-18-19(22)9-17(21(23)26)16-7-12-5-3-4-6-15(12)20(16)18/h2-6,9-11H,1,7-8H2,(H2,23,26). The Hall–Kier alpha value is -2.98. The number of halogens is 1. The van der Waals surface area contributed by atoms with Crippen molar-refractivity contribution in [3.8, 4) is 11.1 Å². The summed E-state index contributed by atoms with van der Waals surface area (Å²) in [6.45, 7) is 3.74. The number of primary amides is 1. The Kier molecular flexibility index (Phi) is 4.05. The van der Waals surface area contributed by atoms with Crippen molar-refractivity contribution in [3.63, 3.8) is 0 Å². The van der Waals surface area contributed by atoms with Gasteiger partial charge >= 0.3 is 0 Å². The number of amides is 1. The third kappa shape index (κ3) is 2.68. The van der Waals surface area contributed by atoms with Gasteiger partial charge in [0.2, 0.25) is 5.91 Å². The van der Waals surface area contributed by atoms with Gasteiger partial charge in [-0.2, -0.15) is 0 Å². The van der Waals surface area contributed by atoms with Gasteiger partial charge in [-0.15, -0.1) is 0 Å². The highest BCUT2D eigenvalue weighted by Crippen LogP contribution is 2.43. The van der Waals surface area contributed by atoms with E-state index in [1.54, 1.807) is 24.5 Å². The first kappa shape index (κ1) is 16.5. The Balaban J connectivity index is 1.92. The Labute approximate surface area is 156 Å². The zero-order valence-electron chi connectivity index (χ0n) is 14.0. The van der Waals surface area contributed by atoms with Crippen molar-refractivity contribution in [1.82, 2.24) is 9.97 Å². The first-order valence-corrected chi connectivity index (χ1v) is 8.62. The molecule has 3 aromatic rings. The molecule has 0 fully saturated rings. The minimum absolute atomic E-state index is 0.462. The van der Waals surface area contributed by atoms with Crippen LogP contribution in [0.5, 0.6) is 0 Å². The van der Waals surface area contributed by atoms with Crippen molar-refractivity contribution >= 4 is 23.6 Å². The number of carbonyl (C=O) groups is 1. The van der Waals surface area contributed by atoms with E-state index in [1.165, 1.54) is 5.56 Å². The summed E-state index contributed by atoms with van der Waals surface area (Å²) < 4.78 is 0. The topological polar surface area (TPSA) is 68.9 Å². The maximum Gasteiger partial charge on any atom is 0.249 e. The fraction of sp³-hybridized carbons (Fsp3) is 0.0952. The zero-order chi connectivity index (χ0) is 18.3. The van der Waals surface area contributed by atoms with E-state index in [0.717, 1.165) is 27.9 Å². The van der Waals surface area contributed by atoms with Gasteiger partial charge in [0.05, 0.1) is 17.6 Å². The van der Waals surface area contributed by atoms with E-state index in [-0.39, 0.29) is 0 Å². The quantitative estimate of drug-likeness (QED) is 0.596. The summed E-state index contributed by atoms with van der Waals surface area (Å²) in [5.74, 6) is -0.462. The highest BCUT2D eigenvalue weighted by Gasteiger charge is 2.27. The fourth-order valence-corrected chi connectivity index (χ4v) is 3.81. The maximum atomic E-state index is 11.9. The fourth-order valence-electron chi connectivity index (χ4n) is 3.54. The van der Waals surface area contributed by atoms with Gasteiger partial charge in [-0.1, -0.05) is 42.4 Å². The van der Waals surface area contributed by atoms with Crippen molar-refractivity contribution < 1.29 is 4.79 Å². The highest BCUT2D eigenvalue weighted by atomic mass is 35.5. The van der Waals surface area contributed by atoms with Crippen LogP contribution in [0, 0.1) is 0 Å². The van der Waals surface area contributed by atoms with E-state index in [1.807, 2.05) is 12.1 Å². The Morgan fingerprint density at radius 3 is 2.88 bits per heavy atom. The van der Waals surface area contributed by atoms with Crippen LogP contribution < -0.4 is 5.73 Å². The van der Waals surface area contributed by atoms with E-state index >= 15 is 0 Å². The molecule has 1 amide bonds. The molecular formula is C21H16ClN3O. The smallest absolute Gasteiger partial charge is 0.249 e. The summed E-state index contributed by atoms with van der Waals surface area (Å²) >= 11 is 6.57. The van der Waals surface area contributed by atoms with Crippen LogP contribution in [0.1, 0.15) is 38.4 Å². The van der Waals surface area contributed by atoms with Gasteiger partial charge in [0.1, 0.15) is 0 Å². The molecule has 26 heavy (non-hydrogen) atoms. The second kappa shape index (κ2) is 6.39. The monoisotopic (exact) mass is 361 g/mol. The molecule has 128 valence electrons. The normalized spacial score (nSPS) is 11.7. The molecule has 0 bridgehead atoms. The molecule has 0 aliphatic heterocycles. The summed E-state index contributed by atoms with van der Waals surface area (Å²) in [7, 11) is 0.